The molecule has 7 nitrogen and oxygen atoms in total. The third-order valence-corrected chi connectivity index (χ3v) is 2.03. The summed E-state index contributed by atoms with van der Waals surface area (Å²) in [6.45, 7) is 4.09. The molecule has 0 aliphatic rings. The second kappa shape index (κ2) is 3.97. The summed E-state index contributed by atoms with van der Waals surface area (Å²) in [7, 11) is 0. The zero-order chi connectivity index (χ0) is 11.5. The van der Waals surface area contributed by atoms with Crippen molar-refractivity contribution in [2.75, 3.05) is 11.9 Å². The molecular formula is C9H8N4O3. The van der Waals surface area contributed by atoms with Gasteiger partial charge < -0.3 is 5.32 Å². The van der Waals surface area contributed by atoms with Crippen molar-refractivity contribution in [2.45, 2.75) is 0 Å². The molecule has 2 rings (SSSR count). The lowest BCUT2D eigenvalue weighted by Gasteiger charge is -2.02. The van der Waals surface area contributed by atoms with Gasteiger partial charge in [-0.3, -0.25) is 10.1 Å². The number of rotatable bonds is 4. The molecule has 82 valence electrons. The molecule has 0 aliphatic heterocycles. The number of nitro benzene ring substituents is 1. The Morgan fingerprint density at radius 1 is 1.50 bits per heavy atom. The first-order chi connectivity index (χ1) is 7.74. The quantitative estimate of drug-likeness (QED) is 0.479. The maximum atomic E-state index is 10.7. The lowest BCUT2D eigenvalue weighted by molar-refractivity contribution is -0.383. The summed E-state index contributed by atoms with van der Waals surface area (Å²) in [6, 6.07) is 2.92. The van der Waals surface area contributed by atoms with Crippen LogP contribution in [0.25, 0.3) is 11.0 Å². The number of anilines is 1. The van der Waals surface area contributed by atoms with Crippen LogP contribution in [0.1, 0.15) is 0 Å². The lowest BCUT2D eigenvalue weighted by atomic mass is 10.2. The molecule has 0 fully saturated rings. The van der Waals surface area contributed by atoms with Crippen LogP contribution in [0.3, 0.4) is 0 Å². The Kier molecular flexibility index (Phi) is 2.50. The Bertz CT molecular complexity index is 549. The van der Waals surface area contributed by atoms with Gasteiger partial charge in [-0.1, -0.05) is 6.08 Å². The number of nitro groups is 1. The van der Waals surface area contributed by atoms with Gasteiger partial charge in [-0.15, -0.1) is 6.58 Å². The minimum Gasteiger partial charge on any atom is -0.380 e. The fraction of sp³-hybridized carbons (Fsp3) is 0.111. The van der Waals surface area contributed by atoms with Gasteiger partial charge in [0.2, 0.25) is 5.52 Å². The normalized spacial score (nSPS) is 10.2. The van der Waals surface area contributed by atoms with Gasteiger partial charge in [-0.2, -0.15) is 0 Å². The first-order valence-corrected chi connectivity index (χ1v) is 4.48. The highest BCUT2D eigenvalue weighted by molar-refractivity contribution is 5.93. The summed E-state index contributed by atoms with van der Waals surface area (Å²) >= 11 is 0. The number of non-ortho nitro benzene ring substituents is 1. The predicted octanol–water partition coefficient (Wildman–Crippen LogP) is 1.73. The third kappa shape index (κ3) is 1.58. The number of nitrogens with one attached hydrogen (secondary N) is 1. The Labute approximate surface area is 89.9 Å². The third-order valence-electron chi connectivity index (χ3n) is 2.03. The number of fused-ring (bicyclic) bond motifs is 1. The molecule has 0 atom stereocenters. The summed E-state index contributed by atoms with van der Waals surface area (Å²) in [5.74, 6) is 0. The largest absolute Gasteiger partial charge is 0.380 e. The van der Waals surface area contributed by atoms with Gasteiger partial charge in [0, 0.05) is 12.6 Å². The highest BCUT2D eigenvalue weighted by atomic mass is 16.6. The van der Waals surface area contributed by atoms with Gasteiger partial charge in [0.15, 0.2) is 5.52 Å². The van der Waals surface area contributed by atoms with E-state index in [4.69, 9.17) is 0 Å². The Hall–Kier alpha value is -2.44. The molecule has 1 N–H and O–H groups in total. The first kappa shape index (κ1) is 10.1. The highest BCUT2D eigenvalue weighted by Gasteiger charge is 2.18. The number of aromatic nitrogens is 2. The minimum atomic E-state index is -0.524. The van der Waals surface area contributed by atoms with E-state index in [2.05, 4.69) is 26.8 Å². The second-order valence-electron chi connectivity index (χ2n) is 3.02. The molecule has 1 aromatic heterocycles. The van der Waals surface area contributed by atoms with Crippen molar-refractivity contribution in [3.05, 3.63) is 34.9 Å². The molecule has 0 amide bonds. The van der Waals surface area contributed by atoms with Crippen molar-refractivity contribution in [1.82, 2.24) is 10.3 Å². The van der Waals surface area contributed by atoms with Crippen LogP contribution in [0.4, 0.5) is 11.4 Å². The number of benzene rings is 1. The zero-order valence-corrected chi connectivity index (χ0v) is 8.21. The average molecular weight is 220 g/mol. The molecule has 0 unspecified atom stereocenters. The molecule has 16 heavy (non-hydrogen) atoms. The number of nitrogens with zero attached hydrogens (tertiary/aromatic N) is 3. The Morgan fingerprint density at radius 3 is 2.94 bits per heavy atom. The molecule has 0 bridgehead atoms. The van der Waals surface area contributed by atoms with Crippen molar-refractivity contribution in [3.8, 4) is 0 Å². The molecule has 0 aliphatic carbocycles. The van der Waals surface area contributed by atoms with Crippen molar-refractivity contribution in [2.24, 2.45) is 0 Å². The van der Waals surface area contributed by atoms with E-state index in [0.717, 1.165) is 0 Å². The van der Waals surface area contributed by atoms with E-state index in [9.17, 15) is 10.1 Å². The van der Waals surface area contributed by atoms with E-state index >= 15 is 0 Å². The van der Waals surface area contributed by atoms with E-state index in [0.29, 0.717) is 17.7 Å². The van der Waals surface area contributed by atoms with E-state index in [-0.39, 0.29) is 11.2 Å². The fourth-order valence-electron chi connectivity index (χ4n) is 1.33. The van der Waals surface area contributed by atoms with Gasteiger partial charge in [0.25, 0.3) is 0 Å². The molecule has 0 saturated carbocycles. The summed E-state index contributed by atoms with van der Waals surface area (Å²) in [6.07, 6.45) is 1.67. The van der Waals surface area contributed by atoms with Gasteiger partial charge in [-0.25, -0.2) is 4.63 Å². The van der Waals surface area contributed by atoms with Crippen LogP contribution in [0.2, 0.25) is 0 Å². The van der Waals surface area contributed by atoms with Crippen LogP contribution < -0.4 is 5.32 Å². The van der Waals surface area contributed by atoms with Crippen LogP contribution in [0.5, 0.6) is 0 Å². The molecule has 0 saturated heterocycles. The average Bonchev–Trinajstić information content (AvgIpc) is 2.74. The fourth-order valence-corrected chi connectivity index (χ4v) is 1.33. The molecule has 0 spiro atoms. The smallest absolute Gasteiger partial charge is 0.300 e. The first-order valence-electron chi connectivity index (χ1n) is 4.48. The van der Waals surface area contributed by atoms with Crippen LogP contribution >= 0.6 is 0 Å². The molecule has 0 radical (unpaired) electrons. The van der Waals surface area contributed by atoms with Crippen molar-refractivity contribution >= 4 is 22.4 Å². The Morgan fingerprint density at radius 2 is 2.25 bits per heavy atom. The SMILES string of the molecule is C=CCNc1ccc([N+](=O)[O-])c2nonc12. The Balaban J connectivity index is 2.54. The second-order valence-corrected chi connectivity index (χ2v) is 3.02. The maximum absolute atomic E-state index is 10.7. The van der Waals surface area contributed by atoms with Gasteiger partial charge in [0.05, 0.1) is 10.6 Å². The van der Waals surface area contributed by atoms with Crippen LogP contribution in [0.15, 0.2) is 29.4 Å². The molecule has 7 heteroatoms. The molecule has 1 aromatic carbocycles. The van der Waals surface area contributed by atoms with Crippen molar-refractivity contribution < 1.29 is 9.55 Å². The van der Waals surface area contributed by atoms with E-state index in [1.807, 2.05) is 0 Å². The zero-order valence-electron chi connectivity index (χ0n) is 8.21. The van der Waals surface area contributed by atoms with Crippen LogP contribution in [-0.4, -0.2) is 21.8 Å². The number of hydrogen-bond donors (Lipinski definition) is 1. The standard InChI is InChI=1S/C9H8N4O3/c1-2-5-10-6-3-4-7(13(14)15)9-8(6)11-16-12-9/h2-4,10H,1,5H2. The predicted molar refractivity (Wildman–Crippen MR) is 57.1 cm³/mol. The molecular weight excluding hydrogens is 212 g/mol. The topological polar surface area (TPSA) is 94.1 Å². The monoisotopic (exact) mass is 220 g/mol. The lowest BCUT2D eigenvalue weighted by Crippen LogP contribution is -1.99. The summed E-state index contributed by atoms with van der Waals surface area (Å²) in [5, 5.41) is 20.8. The van der Waals surface area contributed by atoms with Crippen molar-refractivity contribution in [3.63, 3.8) is 0 Å². The van der Waals surface area contributed by atoms with Gasteiger partial charge in [0.1, 0.15) is 0 Å². The van der Waals surface area contributed by atoms with E-state index in [1.165, 1.54) is 6.07 Å². The summed E-state index contributed by atoms with van der Waals surface area (Å²) < 4.78 is 4.51. The highest BCUT2D eigenvalue weighted by Crippen LogP contribution is 2.28. The van der Waals surface area contributed by atoms with Gasteiger partial charge in [-0.05, 0) is 16.4 Å². The van der Waals surface area contributed by atoms with Gasteiger partial charge >= 0.3 is 5.69 Å². The summed E-state index contributed by atoms with van der Waals surface area (Å²) in [5.41, 5.74) is 0.984. The molecule has 2 aromatic rings. The van der Waals surface area contributed by atoms with Crippen molar-refractivity contribution in [1.29, 1.82) is 0 Å². The van der Waals surface area contributed by atoms with E-state index in [1.54, 1.807) is 12.1 Å². The summed E-state index contributed by atoms with van der Waals surface area (Å²) in [4.78, 5) is 10.2. The minimum absolute atomic E-state index is 0.125. The maximum Gasteiger partial charge on any atom is 0.300 e. The molecule has 1 heterocycles. The number of hydrogen-bond acceptors (Lipinski definition) is 6. The van der Waals surface area contributed by atoms with Crippen LogP contribution in [-0.2, 0) is 0 Å². The van der Waals surface area contributed by atoms with E-state index < -0.39 is 4.92 Å². The van der Waals surface area contributed by atoms with Crippen LogP contribution in [0, 0.1) is 10.1 Å².